The Morgan fingerprint density at radius 3 is 2.75 bits per heavy atom. The molecule has 0 spiro atoms. The molecule has 2 N–H and O–H groups in total. The van der Waals surface area contributed by atoms with E-state index in [1.807, 2.05) is 6.92 Å². The fourth-order valence-corrected chi connectivity index (χ4v) is 0.542. The molecule has 0 radical (unpaired) electrons. The summed E-state index contributed by atoms with van der Waals surface area (Å²) in [6.45, 7) is 2.74. The van der Waals surface area contributed by atoms with Crippen LogP contribution in [-0.2, 0) is 0 Å². The minimum absolute atomic E-state index is 0.477. The minimum atomic E-state index is 0.477. The first kappa shape index (κ1) is 7.45. The third-order valence-electron chi connectivity index (χ3n) is 1.10. The van der Waals surface area contributed by atoms with Crippen molar-refractivity contribution >= 4 is 0 Å². The molecule has 0 aliphatic rings. The summed E-state index contributed by atoms with van der Waals surface area (Å²) in [4.78, 5) is 0. The maximum Gasteiger partial charge on any atom is 0.0624 e. The highest BCUT2D eigenvalue weighted by atomic mass is 14.5. The number of hydrogen-bond donors (Lipinski definition) is 1. The molecule has 0 fully saturated rings. The molecule has 0 rings (SSSR count). The van der Waals surface area contributed by atoms with Gasteiger partial charge in [-0.25, -0.2) is 0 Å². The van der Waals surface area contributed by atoms with E-state index >= 15 is 0 Å². The molecule has 0 aromatic heterocycles. The summed E-state index contributed by atoms with van der Waals surface area (Å²) in [7, 11) is 0. The predicted molar refractivity (Wildman–Crippen MR) is 33.1 cm³/mol. The number of nitrogens with two attached hydrogens (primary N) is 1. The lowest BCUT2D eigenvalue weighted by molar-refractivity contribution is 0.554. The van der Waals surface area contributed by atoms with Gasteiger partial charge < -0.3 is 5.73 Å². The second-order valence-corrected chi connectivity index (χ2v) is 2.04. The van der Waals surface area contributed by atoms with Gasteiger partial charge in [-0.05, 0) is 18.9 Å². The van der Waals surface area contributed by atoms with Crippen LogP contribution in [0.15, 0.2) is 0 Å². The Hall–Kier alpha value is -0.550. The molecule has 8 heavy (non-hydrogen) atoms. The van der Waals surface area contributed by atoms with Crippen molar-refractivity contribution in [2.24, 2.45) is 11.7 Å². The largest absolute Gasteiger partial charge is 0.330 e. The lowest BCUT2D eigenvalue weighted by atomic mass is 10.1. The first-order valence-electron chi connectivity index (χ1n) is 2.88. The van der Waals surface area contributed by atoms with Crippen molar-refractivity contribution in [3.05, 3.63) is 0 Å². The summed E-state index contributed by atoms with van der Waals surface area (Å²) in [6.07, 6.45) is 1.60. The maximum absolute atomic E-state index is 8.17. The normalized spacial score (nSPS) is 12.6. The zero-order valence-electron chi connectivity index (χ0n) is 5.22. The Balaban J connectivity index is 3.08. The van der Waals surface area contributed by atoms with Gasteiger partial charge in [-0.3, -0.25) is 0 Å². The standard InChI is InChI=1S/C6H12N2/c1-6(2-4-7)3-5-8/h6H,2-4,7H2,1H3/t6-/m0/s1. The van der Waals surface area contributed by atoms with Gasteiger partial charge in [0.1, 0.15) is 0 Å². The third kappa shape index (κ3) is 3.63. The first-order valence-corrected chi connectivity index (χ1v) is 2.88. The summed E-state index contributed by atoms with van der Waals surface area (Å²) in [5.74, 6) is 0.477. The molecule has 0 unspecified atom stereocenters. The van der Waals surface area contributed by atoms with Gasteiger partial charge in [0.25, 0.3) is 0 Å². The fourth-order valence-electron chi connectivity index (χ4n) is 0.542. The smallest absolute Gasteiger partial charge is 0.0624 e. The van der Waals surface area contributed by atoms with Crippen molar-refractivity contribution in [1.82, 2.24) is 0 Å². The van der Waals surface area contributed by atoms with Crippen molar-refractivity contribution in [2.75, 3.05) is 6.54 Å². The molecule has 2 nitrogen and oxygen atoms in total. The van der Waals surface area contributed by atoms with Crippen LogP contribution in [-0.4, -0.2) is 6.54 Å². The maximum atomic E-state index is 8.17. The van der Waals surface area contributed by atoms with Crippen LogP contribution in [0.1, 0.15) is 19.8 Å². The molecule has 46 valence electrons. The second kappa shape index (κ2) is 4.61. The van der Waals surface area contributed by atoms with E-state index in [9.17, 15) is 0 Å². The number of rotatable bonds is 3. The highest BCUT2D eigenvalue weighted by Gasteiger charge is 1.96. The molecule has 0 aliphatic carbocycles. The Labute approximate surface area is 50.3 Å². The summed E-state index contributed by atoms with van der Waals surface area (Å²) in [5.41, 5.74) is 5.25. The van der Waals surface area contributed by atoms with E-state index in [0.717, 1.165) is 6.42 Å². The van der Waals surface area contributed by atoms with Crippen LogP contribution >= 0.6 is 0 Å². The molecule has 0 bridgehead atoms. The van der Waals surface area contributed by atoms with Crippen LogP contribution in [0, 0.1) is 17.2 Å². The van der Waals surface area contributed by atoms with Gasteiger partial charge in [-0.2, -0.15) is 5.26 Å². The average molecular weight is 112 g/mol. The van der Waals surface area contributed by atoms with Gasteiger partial charge in [0, 0.05) is 6.42 Å². The summed E-state index contributed by atoms with van der Waals surface area (Å²) in [6, 6.07) is 2.10. The highest BCUT2D eigenvalue weighted by molar-refractivity contribution is 4.72. The molecule has 0 aromatic rings. The van der Waals surface area contributed by atoms with E-state index in [1.165, 1.54) is 0 Å². The van der Waals surface area contributed by atoms with Crippen LogP contribution in [0.2, 0.25) is 0 Å². The van der Waals surface area contributed by atoms with E-state index in [0.29, 0.717) is 18.9 Å². The van der Waals surface area contributed by atoms with Gasteiger partial charge >= 0.3 is 0 Å². The van der Waals surface area contributed by atoms with Crippen molar-refractivity contribution in [1.29, 1.82) is 5.26 Å². The summed E-state index contributed by atoms with van der Waals surface area (Å²) in [5, 5.41) is 8.17. The number of nitriles is 1. The van der Waals surface area contributed by atoms with Gasteiger partial charge in [-0.1, -0.05) is 6.92 Å². The molecule has 0 aromatic carbocycles. The number of nitrogens with zero attached hydrogens (tertiary/aromatic N) is 1. The summed E-state index contributed by atoms with van der Waals surface area (Å²) < 4.78 is 0. The Morgan fingerprint density at radius 1 is 1.75 bits per heavy atom. The van der Waals surface area contributed by atoms with Gasteiger partial charge in [0.05, 0.1) is 6.07 Å². The lowest BCUT2D eigenvalue weighted by Gasteiger charge is -2.00. The molecular weight excluding hydrogens is 100 g/mol. The molecule has 0 amide bonds. The Morgan fingerprint density at radius 2 is 2.38 bits per heavy atom. The fraction of sp³-hybridized carbons (Fsp3) is 0.833. The van der Waals surface area contributed by atoms with Crippen LogP contribution < -0.4 is 5.73 Å². The van der Waals surface area contributed by atoms with Crippen LogP contribution in [0.25, 0.3) is 0 Å². The predicted octanol–water partition coefficient (Wildman–Crippen LogP) is 0.885. The Kier molecular flexibility index (Phi) is 4.29. The average Bonchev–Trinajstić information content (AvgIpc) is 1.68. The van der Waals surface area contributed by atoms with Crippen molar-refractivity contribution < 1.29 is 0 Å². The van der Waals surface area contributed by atoms with Gasteiger partial charge in [-0.15, -0.1) is 0 Å². The molecule has 1 atom stereocenters. The first-order chi connectivity index (χ1) is 3.81. The van der Waals surface area contributed by atoms with E-state index < -0.39 is 0 Å². The van der Waals surface area contributed by atoms with Crippen molar-refractivity contribution in [3.63, 3.8) is 0 Å². The molecule has 2 heteroatoms. The number of hydrogen-bond acceptors (Lipinski definition) is 2. The molecule has 0 heterocycles. The monoisotopic (exact) mass is 112 g/mol. The van der Waals surface area contributed by atoms with Gasteiger partial charge in [0.2, 0.25) is 0 Å². The highest BCUT2D eigenvalue weighted by Crippen LogP contribution is 2.02. The third-order valence-corrected chi connectivity index (χ3v) is 1.10. The summed E-state index contributed by atoms with van der Waals surface area (Å²) >= 11 is 0. The Bertz CT molecular complexity index is 83.0. The topological polar surface area (TPSA) is 49.8 Å². The van der Waals surface area contributed by atoms with E-state index in [1.54, 1.807) is 0 Å². The van der Waals surface area contributed by atoms with Crippen molar-refractivity contribution in [2.45, 2.75) is 19.8 Å². The minimum Gasteiger partial charge on any atom is -0.330 e. The SMILES string of the molecule is C[C@H](CC#N)CCN. The molecular formula is C6H12N2. The second-order valence-electron chi connectivity index (χ2n) is 2.04. The van der Waals surface area contributed by atoms with E-state index in [2.05, 4.69) is 6.07 Å². The van der Waals surface area contributed by atoms with Crippen LogP contribution in [0.4, 0.5) is 0 Å². The quantitative estimate of drug-likeness (QED) is 0.589. The zero-order chi connectivity index (χ0) is 6.41. The van der Waals surface area contributed by atoms with Crippen LogP contribution in [0.5, 0.6) is 0 Å². The molecule has 0 aliphatic heterocycles. The van der Waals surface area contributed by atoms with E-state index in [-0.39, 0.29) is 0 Å². The van der Waals surface area contributed by atoms with Crippen LogP contribution in [0.3, 0.4) is 0 Å². The zero-order valence-corrected chi connectivity index (χ0v) is 5.22. The van der Waals surface area contributed by atoms with Crippen molar-refractivity contribution in [3.8, 4) is 6.07 Å². The molecule has 0 saturated heterocycles. The van der Waals surface area contributed by atoms with E-state index in [4.69, 9.17) is 11.0 Å². The lowest BCUT2D eigenvalue weighted by Crippen LogP contribution is -2.04. The molecule has 0 saturated carbocycles. The van der Waals surface area contributed by atoms with Gasteiger partial charge in [0.15, 0.2) is 0 Å².